The highest BCUT2D eigenvalue weighted by atomic mass is 16.5. The summed E-state index contributed by atoms with van der Waals surface area (Å²) in [6.07, 6.45) is 0.889. The molecule has 2 rings (SSSR count). The first kappa shape index (κ1) is 14.4. The second-order valence-electron chi connectivity index (χ2n) is 4.80. The summed E-state index contributed by atoms with van der Waals surface area (Å²) in [6, 6.07) is 7.81. The summed E-state index contributed by atoms with van der Waals surface area (Å²) in [5, 5.41) is 14.8. The minimum atomic E-state index is -0.747. The minimum Gasteiger partial charge on any atom is -0.493 e. The van der Waals surface area contributed by atoms with Crippen LogP contribution in [0.25, 0.3) is 0 Å². The van der Waals surface area contributed by atoms with E-state index in [-0.39, 0.29) is 0 Å². The SMILES string of the molecule is CCn1ncc(OC)c1C(O)c1ccc(N(C)C)cc1. The van der Waals surface area contributed by atoms with Crippen molar-refractivity contribution in [3.8, 4) is 5.75 Å². The number of nitrogens with zero attached hydrogens (tertiary/aromatic N) is 3. The maximum Gasteiger partial charge on any atom is 0.163 e. The van der Waals surface area contributed by atoms with Crippen LogP contribution in [0.4, 0.5) is 5.69 Å². The fraction of sp³-hybridized carbons (Fsp3) is 0.400. The Morgan fingerprint density at radius 3 is 2.45 bits per heavy atom. The lowest BCUT2D eigenvalue weighted by molar-refractivity contribution is 0.202. The maximum atomic E-state index is 10.6. The molecule has 0 aliphatic carbocycles. The quantitative estimate of drug-likeness (QED) is 0.907. The van der Waals surface area contributed by atoms with E-state index in [1.165, 1.54) is 0 Å². The molecule has 1 aromatic heterocycles. The second-order valence-corrected chi connectivity index (χ2v) is 4.80. The molecule has 1 N–H and O–H groups in total. The molecular weight excluding hydrogens is 254 g/mol. The largest absolute Gasteiger partial charge is 0.493 e. The molecule has 1 unspecified atom stereocenters. The lowest BCUT2D eigenvalue weighted by Crippen LogP contribution is -2.11. The van der Waals surface area contributed by atoms with Crippen LogP contribution in [0.3, 0.4) is 0 Å². The van der Waals surface area contributed by atoms with Gasteiger partial charge in [0, 0.05) is 26.3 Å². The number of benzene rings is 1. The van der Waals surface area contributed by atoms with E-state index in [9.17, 15) is 5.11 Å². The molecule has 2 aromatic rings. The highest BCUT2D eigenvalue weighted by Crippen LogP contribution is 2.30. The molecule has 20 heavy (non-hydrogen) atoms. The Kier molecular flexibility index (Phi) is 4.29. The topological polar surface area (TPSA) is 50.5 Å². The Labute approximate surface area is 119 Å². The van der Waals surface area contributed by atoms with Gasteiger partial charge in [-0.15, -0.1) is 0 Å². The van der Waals surface area contributed by atoms with Crippen molar-refractivity contribution in [1.29, 1.82) is 0 Å². The third-order valence-electron chi connectivity index (χ3n) is 3.35. The molecule has 5 heteroatoms. The zero-order valence-corrected chi connectivity index (χ0v) is 12.4. The number of rotatable bonds is 5. The molecule has 0 saturated heterocycles. The molecule has 1 atom stereocenters. The fourth-order valence-corrected chi connectivity index (χ4v) is 2.18. The summed E-state index contributed by atoms with van der Waals surface area (Å²) in [5.74, 6) is 0.607. The van der Waals surface area contributed by atoms with E-state index in [2.05, 4.69) is 5.10 Å². The van der Waals surface area contributed by atoms with E-state index in [0.717, 1.165) is 11.3 Å². The van der Waals surface area contributed by atoms with Crippen LogP contribution in [0.2, 0.25) is 0 Å². The first-order valence-electron chi connectivity index (χ1n) is 6.63. The molecular formula is C15H21N3O2. The van der Waals surface area contributed by atoms with Gasteiger partial charge in [0.1, 0.15) is 11.8 Å². The number of aliphatic hydroxyl groups excluding tert-OH is 1. The molecule has 1 aromatic carbocycles. The summed E-state index contributed by atoms with van der Waals surface area (Å²) in [5.41, 5.74) is 2.61. The van der Waals surface area contributed by atoms with Crippen molar-refractivity contribution >= 4 is 5.69 Å². The first-order valence-corrected chi connectivity index (χ1v) is 6.63. The summed E-state index contributed by atoms with van der Waals surface area (Å²) in [7, 11) is 5.56. The Bertz CT molecular complexity index is 539. The van der Waals surface area contributed by atoms with Crippen LogP contribution in [0.1, 0.15) is 24.3 Å². The van der Waals surface area contributed by atoms with E-state index in [1.54, 1.807) is 18.0 Å². The molecule has 0 radical (unpaired) electrons. The van der Waals surface area contributed by atoms with Crippen LogP contribution in [-0.4, -0.2) is 36.1 Å². The molecule has 0 amide bonds. The van der Waals surface area contributed by atoms with E-state index in [4.69, 9.17) is 4.74 Å². The third kappa shape index (κ3) is 2.63. The zero-order valence-electron chi connectivity index (χ0n) is 12.4. The Balaban J connectivity index is 2.35. The number of hydrogen-bond acceptors (Lipinski definition) is 4. The van der Waals surface area contributed by atoms with E-state index < -0.39 is 6.10 Å². The van der Waals surface area contributed by atoms with Gasteiger partial charge in [-0.2, -0.15) is 5.10 Å². The van der Waals surface area contributed by atoms with E-state index in [1.807, 2.05) is 50.2 Å². The van der Waals surface area contributed by atoms with Gasteiger partial charge in [-0.1, -0.05) is 12.1 Å². The monoisotopic (exact) mass is 275 g/mol. The lowest BCUT2D eigenvalue weighted by Gasteiger charge is -2.17. The second kappa shape index (κ2) is 5.96. The average molecular weight is 275 g/mol. The van der Waals surface area contributed by atoms with Crippen LogP contribution in [0.5, 0.6) is 5.75 Å². The van der Waals surface area contributed by atoms with Crippen molar-refractivity contribution in [3.05, 3.63) is 41.7 Å². The number of methoxy groups -OCH3 is 1. The highest BCUT2D eigenvalue weighted by Gasteiger charge is 2.21. The normalized spacial score (nSPS) is 12.2. The molecule has 0 bridgehead atoms. The Morgan fingerprint density at radius 1 is 1.30 bits per heavy atom. The number of aromatic nitrogens is 2. The van der Waals surface area contributed by atoms with Crippen molar-refractivity contribution < 1.29 is 9.84 Å². The van der Waals surface area contributed by atoms with Gasteiger partial charge in [-0.05, 0) is 24.6 Å². The summed E-state index contributed by atoms with van der Waals surface area (Å²) in [6.45, 7) is 2.67. The molecule has 0 aliphatic heterocycles. The highest BCUT2D eigenvalue weighted by molar-refractivity contribution is 5.47. The van der Waals surface area contributed by atoms with Crippen molar-refractivity contribution in [1.82, 2.24) is 9.78 Å². The van der Waals surface area contributed by atoms with Gasteiger partial charge in [0.25, 0.3) is 0 Å². The molecule has 1 heterocycles. The van der Waals surface area contributed by atoms with Gasteiger partial charge in [-0.3, -0.25) is 4.68 Å². The number of aliphatic hydroxyl groups is 1. The standard InChI is InChI=1S/C15H21N3O2/c1-5-18-14(13(20-4)10-16-18)15(19)11-6-8-12(9-7-11)17(2)3/h6-10,15,19H,5H2,1-4H3. The number of aryl methyl sites for hydroxylation is 1. The van der Waals surface area contributed by atoms with Gasteiger partial charge in [-0.25, -0.2) is 0 Å². The van der Waals surface area contributed by atoms with Crippen LogP contribution < -0.4 is 9.64 Å². The molecule has 0 aliphatic rings. The summed E-state index contributed by atoms with van der Waals surface area (Å²) in [4.78, 5) is 2.02. The van der Waals surface area contributed by atoms with Crippen molar-refractivity contribution in [2.24, 2.45) is 0 Å². The minimum absolute atomic E-state index is 0.607. The van der Waals surface area contributed by atoms with Crippen LogP contribution in [0, 0.1) is 0 Å². The molecule has 108 valence electrons. The lowest BCUT2D eigenvalue weighted by atomic mass is 10.1. The summed E-state index contributed by atoms with van der Waals surface area (Å²) < 4.78 is 7.03. The van der Waals surface area contributed by atoms with E-state index >= 15 is 0 Å². The molecule has 0 saturated carbocycles. The number of anilines is 1. The molecule has 0 fully saturated rings. The van der Waals surface area contributed by atoms with Gasteiger partial charge in [0.15, 0.2) is 5.75 Å². The molecule has 5 nitrogen and oxygen atoms in total. The van der Waals surface area contributed by atoms with Crippen LogP contribution >= 0.6 is 0 Å². The van der Waals surface area contributed by atoms with Gasteiger partial charge in [0.2, 0.25) is 0 Å². The Hall–Kier alpha value is -2.01. The van der Waals surface area contributed by atoms with Crippen molar-refractivity contribution in [3.63, 3.8) is 0 Å². The van der Waals surface area contributed by atoms with Crippen LogP contribution in [-0.2, 0) is 6.54 Å². The van der Waals surface area contributed by atoms with Crippen molar-refractivity contribution in [2.75, 3.05) is 26.1 Å². The summed E-state index contributed by atoms with van der Waals surface area (Å²) >= 11 is 0. The van der Waals surface area contributed by atoms with Crippen molar-refractivity contribution in [2.45, 2.75) is 19.6 Å². The Morgan fingerprint density at radius 2 is 1.95 bits per heavy atom. The number of ether oxygens (including phenoxy) is 1. The smallest absolute Gasteiger partial charge is 0.163 e. The number of hydrogen-bond donors (Lipinski definition) is 1. The zero-order chi connectivity index (χ0) is 14.7. The van der Waals surface area contributed by atoms with Gasteiger partial charge in [0.05, 0.1) is 13.3 Å². The maximum absolute atomic E-state index is 10.6. The van der Waals surface area contributed by atoms with Gasteiger partial charge < -0.3 is 14.7 Å². The first-order chi connectivity index (χ1) is 9.58. The molecule has 0 spiro atoms. The predicted molar refractivity (Wildman–Crippen MR) is 79.3 cm³/mol. The van der Waals surface area contributed by atoms with E-state index in [0.29, 0.717) is 18.0 Å². The third-order valence-corrected chi connectivity index (χ3v) is 3.35. The average Bonchev–Trinajstić information content (AvgIpc) is 2.89. The van der Waals surface area contributed by atoms with Gasteiger partial charge >= 0.3 is 0 Å². The fourth-order valence-electron chi connectivity index (χ4n) is 2.18. The predicted octanol–water partition coefficient (Wildman–Crippen LogP) is 2.06. The van der Waals surface area contributed by atoms with Crippen LogP contribution in [0.15, 0.2) is 30.5 Å².